The molecule has 0 saturated heterocycles. The van der Waals surface area contributed by atoms with Crippen molar-refractivity contribution in [3.8, 4) is 73.1 Å². The lowest BCUT2D eigenvalue weighted by Crippen LogP contribution is -2.11. The number of benzene rings is 10. The summed E-state index contributed by atoms with van der Waals surface area (Å²) in [6.07, 6.45) is -10.2. The van der Waals surface area contributed by atoms with E-state index in [9.17, 15) is 31.6 Å². The van der Waals surface area contributed by atoms with Gasteiger partial charge in [-0.2, -0.15) is 31.6 Å². The van der Waals surface area contributed by atoms with Crippen molar-refractivity contribution < 1.29 is 26.3 Å². The van der Waals surface area contributed by atoms with Crippen LogP contribution in [0.15, 0.2) is 200 Å². The smallest absolute Gasteiger partial charge is 0.308 e. The fourth-order valence-corrected chi connectivity index (χ4v) is 10.6. The van der Waals surface area contributed by atoms with Gasteiger partial charge in [0.2, 0.25) is 0 Å². The maximum atomic E-state index is 14.9. The molecule has 10 aromatic carbocycles. The van der Waals surface area contributed by atoms with Gasteiger partial charge in [0.1, 0.15) is 11.6 Å². The minimum Gasteiger partial charge on any atom is -0.308 e. The lowest BCUT2D eigenvalue weighted by Gasteiger charge is -2.20. The normalized spacial score (nSPS) is 12.1. The minimum absolute atomic E-state index is 0.0411. The summed E-state index contributed by atoms with van der Waals surface area (Å²) in [5, 5.41) is 15.2. The van der Waals surface area contributed by atoms with Gasteiger partial charge in [-0.05, 0) is 138 Å². The first kappa shape index (κ1) is 47.8. The van der Waals surface area contributed by atoms with Gasteiger partial charge >= 0.3 is 12.4 Å². The van der Waals surface area contributed by atoms with E-state index in [4.69, 9.17) is 0 Å². The molecule has 0 atom stereocenters. The first-order valence-electron chi connectivity index (χ1n) is 24.8. The van der Waals surface area contributed by atoms with Crippen LogP contribution in [0.25, 0.3) is 111 Å². The molecule has 0 unspecified atom stereocenters. The molecule has 12 rings (SSSR count). The highest BCUT2D eigenvalue weighted by atomic mass is 19.4. The van der Waals surface area contributed by atoms with Gasteiger partial charge in [-0.3, -0.25) is 0 Å². The van der Waals surface area contributed by atoms with Gasteiger partial charge in [0, 0.05) is 21.5 Å². The number of halogens is 6. The molecule has 0 radical (unpaired) electrons. The third kappa shape index (κ3) is 8.46. The zero-order chi connectivity index (χ0) is 52.8. The predicted octanol–water partition coefficient (Wildman–Crippen LogP) is 19.4. The molecule has 370 valence electrons. The first-order valence-corrected chi connectivity index (χ1v) is 24.8. The molecule has 0 bridgehead atoms. The van der Waals surface area contributed by atoms with E-state index in [2.05, 4.69) is 6.07 Å². The number of rotatable bonds is 7. The Kier molecular flexibility index (Phi) is 11.4. The summed E-state index contributed by atoms with van der Waals surface area (Å²) < 4.78 is 93.0. The molecule has 0 saturated carbocycles. The number of alkyl halides is 6. The van der Waals surface area contributed by atoms with Crippen molar-refractivity contribution in [3.63, 3.8) is 0 Å². The minimum atomic E-state index is -5.12. The first-order chi connectivity index (χ1) is 36.5. The van der Waals surface area contributed by atoms with Crippen LogP contribution in [0.5, 0.6) is 0 Å². The molecular weight excluding hydrogens is 961 g/mol. The second kappa shape index (κ2) is 18.1. The molecule has 9 heteroatoms. The standard InChI is InChI=1S/C67H45F6N3/c1-39-5-13-43(14-6-39)47-21-25-55-56-26-22-48(44-15-7-40(2)8-16-44)32-61(56)75(60(55)31-47)64-35-52(51-29-53(66(68,69)70)37-54(30-51)67(71,72)73)36-65(59(64)38-74)76-62-33-49(45-17-9-41(3)10-18-45)23-27-57(62)58-28-24-50(34-63(58)76)46-19-11-42(4)12-20-46/h5-37H,1-4H3. The number of nitriles is 1. The van der Waals surface area contributed by atoms with E-state index in [0.717, 1.165) is 100 Å². The summed E-state index contributed by atoms with van der Waals surface area (Å²) >= 11 is 0. The summed E-state index contributed by atoms with van der Waals surface area (Å²) in [5.74, 6) is 0. The molecule has 0 fully saturated rings. The number of hydrogen-bond acceptors (Lipinski definition) is 1. The summed E-state index contributed by atoms with van der Waals surface area (Å²) in [7, 11) is 0. The highest BCUT2D eigenvalue weighted by Crippen LogP contribution is 2.45. The summed E-state index contributed by atoms with van der Waals surface area (Å²) in [6.45, 7) is 8.04. The molecule has 76 heavy (non-hydrogen) atoms. The van der Waals surface area contributed by atoms with E-state index in [-0.39, 0.29) is 34.1 Å². The third-order valence-electron chi connectivity index (χ3n) is 14.7. The summed E-state index contributed by atoms with van der Waals surface area (Å²) in [4.78, 5) is 0. The SMILES string of the molecule is Cc1ccc(-c2ccc3c4ccc(-c5ccc(C)cc5)cc4n(-c4cc(-c5cc(C(F)(F)F)cc(C(F)(F)F)c5)cc(-n5c6cc(-c7ccc(C)cc7)ccc6c6ccc(-c7ccc(C)cc7)cc65)c4C#N)c3c2)cc1. The van der Waals surface area contributed by atoms with Crippen LogP contribution in [0.2, 0.25) is 0 Å². The van der Waals surface area contributed by atoms with Crippen LogP contribution in [0.1, 0.15) is 38.9 Å². The highest BCUT2D eigenvalue weighted by molar-refractivity contribution is 6.13. The van der Waals surface area contributed by atoms with Crippen LogP contribution >= 0.6 is 0 Å². The van der Waals surface area contributed by atoms with Crippen molar-refractivity contribution in [2.75, 3.05) is 0 Å². The Labute approximate surface area is 434 Å². The number of nitrogens with zero attached hydrogens (tertiary/aromatic N) is 3. The van der Waals surface area contributed by atoms with E-state index in [1.807, 2.05) is 207 Å². The third-order valence-corrected chi connectivity index (χ3v) is 14.7. The van der Waals surface area contributed by atoms with Crippen molar-refractivity contribution in [2.45, 2.75) is 40.0 Å². The van der Waals surface area contributed by atoms with Crippen LogP contribution < -0.4 is 0 Å². The van der Waals surface area contributed by atoms with Gasteiger partial charge in [-0.1, -0.05) is 168 Å². The molecule has 0 amide bonds. The Bertz CT molecular complexity index is 3850. The molecule has 2 heterocycles. The quantitative estimate of drug-likeness (QED) is 0.147. The predicted molar refractivity (Wildman–Crippen MR) is 296 cm³/mol. The Morgan fingerprint density at radius 1 is 0.303 bits per heavy atom. The van der Waals surface area contributed by atoms with Crippen LogP contribution in [0.3, 0.4) is 0 Å². The van der Waals surface area contributed by atoms with E-state index in [1.165, 1.54) is 0 Å². The van der Waals surface area contributed by atoms with Crippen molar-refractivity contribution in [3.05, 3.63) is 239 Å². The van der Waals surface area contributed by atoms with Crippen LogP contribution in [-0.4, -0.2) is 9.13 Å². The van der Waals surface area contributed by atoms with Gasteiger partial charge in [0.25, 0.3) is 0 Å². The zero-order valence-corrected chi connectivity index (χ0v) is 41.7. The Morgan fingerprint density at radius 2 is 0.553 bits per heavy atom. The maximum Gasteiger partial charge on any atom is 0.416 e. The topological polar surface area (TPSA) is 33.6 Å². The molecule has 2 aromatic heterocycles. The molecule has 0 aliphatic carbocycles. The Balaban J connectivity index is 1.25. The molecular formula is C67H45F6N3. The van der Waals surface area contributed by atoms with Gasteiger partial charge in [0.05, 0.1) is 44.6 Å². The van der Waals surface area contributed by atoms with Gasteiger partial charge in [-0.15, -0.1) is 0 Å². The largest absolute Gasteiger partial charge is 0.416 e. The van der Waals surface area contributed by atoms with Crippen molar-refractivity contribution in [1.29, 1.82) is 5.26 Å². The number of fused-ring (bicyclic) bond motifs is 6. The number of aryl methyl sites for hydroxylation is 4. The fraction of sp³-hybridized carbons (Fsp3) is 0.0896. The van der Waals surface area contributed by atoms with Crippen LogP contribution in [0.4, 0.5) is 26.3 Å². The van der Waals surface area contributed by atoms with Crippen molar-refractivity contribution >= 4 is 43.6 Å². The lowest BCUT2D eigenvalue weighted by molar-refractivity contribution is -0.143. The second-order valence-electron chi connectivity index (χ2n) is 19.9. The van der Waals surface area contributed by atoms with Gasteiger partial charge < -0.3 is 9.13 Å². The molecule has 0 aliphatic heterocycles. The Morgan fingerprint density at radius 3 is 0.803 bits per heavy atom. The molecule has 0 spiro atoms. The summed E-state index contributed by atoms with van der Waals surface area (Å²) in [6, 6.07) is 64.2. The van der Waals surface area contributed by atoms with Crippen LogP contribution in [-0.2, 0) is 12.4 Å². The fourth-order valence-electron chi connectivity index (χ4n) is 10.6. The van der Waals surface area contributed by atoms with Gasteiger partial charge in [-0.25, -0.2) is 0 Å². The van der Waals surface area contributed by atoms with Crippen molar-refractivity contribution in [1.82, 2.24) is 9.13 Å². The van der Waals surface area contributed by atoms with E-state index < -0.39 is 23.5 Å². The second-order valence-corrected chi connectivity index (χ2v) is 19.9. The van der Waals surface area contributed by atoms with E-state index >= 15 is 0 Å². The molecule has 12 aromatic rings. The monoisotopic (exact) mass is 1010 g/mol. The number of aromatic nitrogens is 2. The zero-order valence-electron chi connectivity index (χ0n) is 41.7. The number of hydrogen-bond donors (Lipinski definition) is 0. The lowest BCUT2D eigenvalue weighted by atomic mass is 9.96. The molecule has 3 nitrogen and oxygen atoms in total. The van der Waals surface area contributed by atoms with E-state index in [0.29, 0.717) is 22.1 Å². The Hall–Kier alpha value is -9.13. The van der Waals surface area contributed by atoms with Crippen molar-refractivity contribution in [2.24, 2.45) is 0 Å². The summed E-state index contributed by atoms with van der Waals surface area (Å²) in [5.41, 5.74) is 11.7. The average molecular weight is 1010 g/mol. The highest BCUT2D eigenvalue weighted by Gasteiger charge is 2.37. The van der Waals surface area contributed by atoms with Gasteiger partial charge in [0.15, 0.2) is 0 Å². The molecule has 0 aliphatic rings. The van der Waals surface area contributed by atoms with Crippen LogP contribution in [0, 0.1) is 39.0 Å². The maximum absolute atomic E-state index is 14.9. The average Bonchev–Trinajstić information content (AvgIpc) is 3.97. The molecule has 0 N–H and O–H groups in total. The van der Waals surface area contributed by atoms with E-state index in [1.54, 1.807) is 12.1 Å².